The van der Waals surface area contributed by atoms with Gasteiger partial charge in [0.15, 0.2) is 0 Å². The molecule has 0 nitrogen and oxygen atoms in total. The smallest absolute Gasteiger partial charge is 0.00720 e. The summed E-state index contributed by atoms with van der Waals surface area (Å²) < 4.78 is 0. The van der Waals surface area contributed by atoms with Crippen LogP contribution in [-0.2, 0) is 0 Å². The molecule has 0 aliphatic carbocycles. The van der Waals surface area contributed by atoms with E-state index in [1.165, 1.54) is 11.1 Å². The van der Waals surface area contributed by atoms with Crippen LogP contribution < -0.4 is 0 Å². The van der Waals surface area contributed by atoms with Crippen LogP contribution in [0.5, 0.6) is 0 Å². The van der Waals surface area contributed by atoms with E-state index in [-0.39, 0.29) is 0 Å². The molecule has 0 unspecified atom stereocenters. The summed E-state index contributed by atoms with van der Waals surface area (Å²) in [4.78, 5) is 1.09. The Morgan fingerprint density at radius 3 is 2.36 bits per heavy atom. The third-order valence-electron chi connectivity index (χ3n) is 1.97. The first-order valence-electron chi connectivity index (χ1n) is 3.91. The van der Waals surface area contributed by atoms with Gasteiger partial charge in [-0.2, -0.15) is 0 Å². The van der Waals surface area contributed by atoms with E-state index in [1.807, 2.05) is 6.07 Å². The number of hydrogen-bond acceptors (Lipinski definition) is 1. The van der Waals surface area contributed by atoms with Gasteiger partial charge in [-0.1, -0.05) is 26.0 Å². The lowest BCUT2D eigenvalue weighted by molar-refractivity contribution is 0.850. The highest BCUT2D eigenvalue weighted by molar-refractivity contribution is 7.80. The predicted molar refractivity (Wildman–Crippen MR) is 52.5 cm³/mol. The third kappa shape index (κ3) is 1.78. The van der Waals surface area contributed by atoms with Crippen LogP contribution in [0.3, 0.4) is 0 Å². The minimum atomic E-state index is 0.599. The maximum atomic E-state index is 4.36. The number of rotatable bonds is 1. The first-order chi connectivity index (χ1) is 5.13. The molecule has 0 aliphatic rings. The zero-order valence-electron chi connectivity index (χ0n) is 7.26. The van der Waals surface area contributed by atoms with Crippen molar-refractivity contribution in [2.45, 2.75) is 31.6 Å². The van der Waals surface area contributed by atoms with Crippen LogP contribution in [-0.4, -0.2) is 0 Å². The molecule has 1 aromatic carbocycles. The third-order valence-corrected chi connectivity index (χ3v) is 2.45. The van der Waals surface area contributed by atoms with Gasteiger partial charge in [-0.05, 0) is 30.0 Å². The largest absolute Gasteiger partial charge is 0.143 e. The van der Waals surface area contributed by atoms with E-state index in [4.69, 9.17) is 0 Å². The summed E-state index contributed by atoms with van der Waals surface area (Å²) in [6.45, 7) is 6.53. The molecule has 0 aromatic heterocycles. The summed E-state index contributed by atoms with van der Waals surface area (Å²) in [7, 11) is 0. The average molecular weight is 166 g/mol. The van der Waals surface area contributed by atoms with E-state index in [0.29, 0.717) is 5.92 Å². The highest BCUT2D eigenvalue weighted by Gasteiger charge is 2.03. The highest BCUT2D eigenvalue weighted by atomic mass is 32.1. The van der Waals surface area contributed by atoms with Crippen molar-refractivity contribution in [3.8, 4) is 0 Å². The second kappa shape index (κ2) is 3.31. The summed E-state index contributed by atoms with van der Waals surface area (Å²) in [5.41, 5.74) is 2.71. The fraction of sp³-hybridized carbons (Fsp3) is 0.400. The second-order valence-corrected chi connectivity index (χ2v) is 3.63. The van der Waals surface area contributed by atoms with E-state index in [9.17, 15) is 0 Å². The summed E-state index contributed by atoms with van der Waals surface area (Å²) in [6, 6.07) is 6.26. The Hall–Kier alpha value is -0.430. The van der Waals surface area contributed by atoms with E-state index < -0.39 is 0 Å². The molecular weight excluding hydrogens is 152 g/mol. The van der Waals surface area contributed by atoms with Crippen molar-refractivity contribution in [1.29, 1.82) is 0 Å². The zero-order valence-corrected chi connectivity index (χ0v) is 8.15. The van der Waals surface area contributed by atoms with Crippen LogP contribution >= 0.6 is 12.6 Å². The lowest BCUT2D eigenvalue weighted by Crippen LogP contribution is -1.91. The molecule has 0 spiro atoms. The molecule has 11 heavy (non-hydrogen) atoms. The highest BCUT2D eigenvalue weighted by Crippen LogP contribution is 2.23. The molecule has 1 aromatic rings. The molecular formula is C10H14S. The van der Waals surface area contributed by atoms with Crippen molar-refractivity contribution in [3.05, 3.63) is 29.3 Å². The minimum Gasteiger partial charge on any atom is -0.143 e. The van der Waals surface area contributed by atoms with Crippen molar-refractivity contribution in [2.75, 3.05) is 0 Å². The van der Waals surface area contributed by atoms with Crippen molar-refractivity contribution in [2.24, 2.45) is 0 Å². The van der Waals surface area contributed by atoms with Crippen LogP contribution in [0, 0.1) is 6.92 Å². The summed E-state index contributed by atoms with van der Waals surface area (Å²) in [5, 5.41) is 0. The Balaban J connectivity index is 3.17. The van der Waals surface area contributed by atoms with E-state index in [1.54, 1.807) is 0 Å². The molecule has 0 N–H and O–H groups in total. The van der Waals surface area contributed by atoms with Crippen LogP contribution in [0.2, 0.25) is 0 Å². The fourth-order valence-corrected chi connectivity index (χ4v) is 1.48. The number of thiol groups is 1. The van der Waals surface area contributed by atoms with Gasteiger partial charge in [0.25, 0.3) is 0 Å². The molecule has 0 atom stereocenters. The Morgan fingerprint density at radius 1 is 1.27 bits per heavy atom. The lowest BCUT2D eigenvalue weighted by atomic mass is 9.98. The Labute approximate surface area is 74.0 Å². The standard InChI is InChI=1S/C10H14S/c1-7(2)9-5-4-6-10(11)8(9)3/h4-7,11H,1-3H3. The molecule has 0 aliphatic heterocycles. The molecule has 0 saturated carbocycles. The first kappa shape index (κ1) is 8.66. The van der Waals surface area contributed by atoms with Gasteiger partial charge in [-0.3, -0.25) is 0 Å². The van der Waals surface area contributed by atoms with Gasteiger partial charge >= 0.3 is 0 Å². The molecule has 0 fully saturated rings. The minimum absolute atomic E-state index is 0.599. The molecule has 0 bridgehead atoms. The maximum Gasteiger partial charge on any atom is 0.00720 e. The average Bonchev–Trinajstić information content (AvgIpc) is 1.94. The summed E-state index contributed by atoms with van der Waals surface area (Å²) >= 11 is 4.36. The first-order valence-corrected chi connectivity index (χ1v) is 4.36. The van der Waals surface area contributed by atoms with E-state index in [2.05, 4.69) is 45.5 Å². The molecule has 0 heterocycles. The number of hydrogen-bond donors (Lipinski definition) is 1. The molecule has 0 amide bonds. The van der Waals surface area contributed by atoms with Gasteiger partial charge in [-0.25, -0.2) is 0 Å². The van der Waals surface area contributed by atoms with Crippen molar-refractivity contribution < 1.29 is 0 Å². The zero-order chi connectivity index (χ0) is 8.43. The van der Waals surface area contributed by atoms with Crippen molar-refractivity contribution in [3.63, 3.8) is 0 Å². The van der Waals surface area contributed by atoms with Gasteiger partial charge in [0, 0.05) is 4.90 Å². The number of benzene rings is 1. The predicted octanol–water partition coefficient (Wildman–Crippen LogP) is 3.41. The Kier molecular flexibility index (Phi) is 2.61. The normalized spacial score (nSPS) is 10.6. The van der Waals surface area contributed by atoms with Gasteiger partial charge in [-0.15, -0.1) is 12.6 Å². The fourth-order valence-electron chi connectivity index (χ4n) is 1.27. The molecule has 60 valence electrons. The summed E-state index contributed by atoms with van der Waals surface area (Å²) in [5.74, 6) is 0.599. The van der Waals surface area contributed by atoms with Gasteiger partial charge < -0.3 is 0 Å². The SMILES string of the molecule is Cc1c(S)cccc1C(C)C. The summed E-state index contributed by atoms with van der Waals surface area (Å²) in [6.07, 6.45) is 0. The Bertz CT molecular complexity index is 251. The van der Waals surface area contributed by atoms with E-state index in [0.717, 1.165) is 4.90 Å². The molecule has 1 rings (SSSR count). The van der Waals surface area contributed by atoms with Crippen LogP contribution in [0.4, 0.5) is 0 Å². The van der Waals surface area contributed by atoms with Gasteiger partial charge in [0.2, 0.25) is 0 Å². The quantitative estimate of drug-likeness (QED) is 0.607. The molecule has 0 saturated heterocycles. The lowest BCUT2D eigenvalue weighted by Gasteiger charge is -2.10. The van der Waals surface area contributed by atoms with E-state index >= 15 is 0 Å². The maximum absolute atomic E-state index is 4.36. The van der Waals surface area contributed by atoms with Crippen LogP contribution in [0.15, 0.2) is 23.1 Å². The van der Waals surface area contributed by atoms with Crippen LogP contribution in [0.25, 0.3) is 0 Å². The van der Waals surface area contributed by atoms with Crippen molar-refractivity contribution in [1.82, 2.24) is 0 Å². The van der Waals surface area contributed by atoms with Crippen LogP contribution in [0.1, 0.15) is 30.9 Å². The van der Waals surface area contributed by atoms with Gasteiger partial charge in [0.1, 0.15) is 0 Å². The monoisotopic (exact) mass is 166 g/mol. The second-order valence-electron chi connectivity index (χ2n) is 3.15. The topological polar surface area (TPSA) is 0 Å². The van der Waals surface area contributed by atoms with Gasteiger partial charge in [0.05, 0.1) is 0 Å². The molecule has 0 radical (unpaired) electrons. The molecule has 1 heteroatoms. The van der Waals surface area contributed by atoms with Crippen molar-refractivity contribution >= 4 is 12.6 Å². The Morgan fingerprint density at radius 2 is 1.91 bits per heavy atom.